The van der Waals surface area contributed by atoms with E-state index < -0.39 is 0 Å². The van der Waals surface area contributed by atoms with E-state index in [-0.39, 0.29) is 0 Å². The van der Waals surface area contributed by atoms with Crippen molar-refractivity contribution in [2.75, 3.05) is 7.05 Å². The van der Waals surface area contributed by atoms with Gasteiger partial charge in [0.1, 0.15) is 0 Å². The molecule has 0 spiro atoms. The van der Waals surface area contributed by atoms with Gasteiger partial charge in [0.05, 0.1) is 0 Å². The second-order valence-electron chi connectivity index (χ2n) is 6.07. The second-order valence-corrected chi connectivity index (χ2v) is 7.10. The zero-order chi connectivity index (χ0) is 13.5. The third kappa shape index (κ3) is 4.61. The topological polar surface area (TPSA) is 12.0 Å². The van der Waals surface area contributed by atoms with Gasteiger partial charge in [0, 0.05) is 10.9 Å². The van der Waals surface area contributed by atoms with Gasteiger partial charge in [-0.05, 0) is 62.4 Å². The highest BCUT2D eigenvalue weighted by Gasteiger charge is 2.26. The van der Waals surface area contributed by atoms with Crippen LogP contribution >= 0.6 is 11.3 Å². The number of aryl methyl sites for hydroxylation is 1. The van der Waals surface area contributed by atoms with Crippen molar-refractivity contribution in [2.45, 2.75) is 64.3 Å². The number of rotatable bonds is 7. The molecule has 1 nitrogen and oxygen atoms in total. The fourth-order valence-electron chi connectivity index (χ4n) is 3.64. The maximum Gasteiger partial charge on any atom is 0.00925 e. The molecule has 0 saturated heterocycles. The molecule has 3 atom stereocenters. The molecular weight excluding hydrogens is 250 g/mol. The summed E-state index contributed by atoms with van der Waals surface area (Å²) in [5.41, 5.74) is 0. The Kier molecular flexibility index (Phi) is 6.39. The second kappa shape index (κ2) is 8.06. The number of hydrogen-bond acceptors (Lipinski definition) is 2. The minimum atomic E-state index is 0.745. The van der Waals surface area contributed by atoms with E-state index in [9.17, 15) is 0 Å². The summed E-state index contributed by atoms with van der Waals surface area (Å²) in [5, 5.41) is 5.79. The standard InChI is InChI=1S/C17H29NS/c1-3-14-7-4-8-15(13-14)17(18-2)11-5-9-16-10-6-12-19-16/h6,10,12,14-15,17-18H,3-5,7-9,11,13H2,1-2H3. The summed E-state index contributed by atoms with van der Waals surface area (Å²) in [7, 11) is 2.16. The number of nitrogens with one attached hydrogen (secondary N) is 1. The van der Waals surface area contributed by atoms with Crippen molar-refractivity contribution in [1.82, 2.24) is 5.32 Å². The summed E-state index contributed by atoms with van der Waals surface area (Å²) < 4.78 is 0. The molecule has 2 heteroatoms. The molecule has 0 aromatic carbocycles. The summed E-state index contributed by atoms with van der Waals surface area (Å²) in [4.78, 5) is 1.55. The molecule has 0 radical (unpaired) electrons. The molecule has 1 aliphatic rings. The first-order valence-corrected chi connectivity index (χ1v) is 8.91. The Morgan fingerprint density at radius 3 is 3.00 bits per heavy atom. The van der Waals surface area contributed by atoms with E-state index in [1.807, 2.05) is 11.3 Å². The molecule has 0 aliphatic heterocycles. The van der Waals surface area contributed by atoms with Crippen molar-refractivity contribution in [1.29, 1.82) is 0 Å². The first kappa shape index (κ1) is 15.1. The van der Waals surface area contributed by atoms with Crippen LogP contribution in [0.25, 0.3) is 0 Å². The predicted molar refractivity (Wildman–Crippen MR) is 85.8 cm³/mol. The fraction of sp³-hybridized carbons (Fsp3) is 0.765. The Hall–Kier alpha value is -0.340. The average molecular weight is 279 g/mol. The van der Waals surface area contributed by atoms with E-state index in [1.165, 1.54) is 51.4 Å². The molecule has 1 fully saturated rings. The van der Waals surface area contributed by atoms with Crippen LogP contribution in [0.15, 0.2) is 17.5 Å². The normalized spacial score (nSPS) is 25.4. The monoisotopic (exact) mass is 279 g/mol. The molecule has 1 aliphatic carbocycles. The van der Waals surface area contributed by atoms with Gasteiger partial charge in [0.15, 0.2) is 0 Å². The minimum absolute atomic E-state index is 0.745. The van der Waals surface area contributed by atoms with E-state index in [0.29, 0.717) is 0 Å². The van der Waals surface area contributed by atoms with E-state index in [0.717, 1.165) is 17.9 Å². The van der Waals surface area contributed by atoms with Crippen LogP contribution in [0.5, 0.6) is 0 Å². The van der Waals surface area contributed by atoms with E-state index in [2.05, 4.69) is 36.8 Å². The van der Waals surface area contributed by atoms with Crippen LogP contribution in [-0.2, 0) is 6.42 Å². The van der Waals surface area contributed by atoms with E-state index in [1.54, 1.807) is 4.88 Å². The van der Waals surface area contributed by atoms with Crippen molar-refractivity contribution in [3.63, 3.8) is 0 Å². The quantitative estimate of drug-likeness (QED) is 0.750. The molecule has 3 unspecified atom stereocenters. The van der Waals surface area contributed by atoms with Crippen molar-refractivity contribution < 1.29 is 0 Å². The first-order valence-electron chi connectivity index (χ1n) is 8.03. The lowest BCUT2D eigenvalue weighted by Gasteiger charge is -2.34. The molecule has 0 bridgehead atoms. The molecule has 1 heterocycles. The molecule has 1 aromatic heterocycles. The molecule has 1 saturated carbocycles. The average Bonchev–Trinajstić information content (AvgIpc) is 2.97. The zero-order valence-corrected chi connectivity index (χ0v) is 13.3. The molecule has 2 rings (SSSR count). The molecular formula is C17H29NS. The smallest absolute Gasteiger partial charge is 0.00925 e. The van der Waals surface area contributed by atoms with Crippen LogP contribution in [0.1, 0.15) is 56.7 Å². The highest BCUT2D eigenvalue weighted by Crippen LogP contribution is 2.34. The molecule has 1 aromatic rings. The van der Waals surface area contributed by atoms with Crippen LogP contribution in [0.2, 0.25) is 0 Å². The van der Waals surface area contributed by atoms with Crippen molar-refractivity contribution >= 4 is 11.3 Å². The SMILES string of the molecule is CCC1CCCC(C(CCCc2cccs2)NC)C1. The summed E-state index contributed by atoms with van der Waals surface area (Å²) in [6, 6.07) is 5.18. The molecule has 1 N–H and O–H groups in total. The number of hydrogen-bond donors (Lipinski definition) is 1. The Labute approximate surface area is 122 Å². The van der Waals surface area contributed by atoms with Gasteiger partial charge in [-0.15, -0.1) is 11.3 Å². The Bertz CT molecular complexity index is 333. The Morgan fingerprint density at radius 1 is 1.42 bits per heavy atom. The van der Waals surface area contributed by atoms with Gasteiger partial charge in [-0.25, -0.2) is 0 Å². The highest BCUT2D eigenvalue weighted by molar-refractivity contribution is 7.09. The third-order valence-corrected chi connectivity index (χ3v) is 5.80. The van der Waals surface area contributed by atoms with Crippen LogP contribution in [0, 0.1) is 11.8 Å². The van der Waals surface area contributed by atoms with Gasteiger partial charge in [-0.1, -0.05) is 32.3 Å². The lowest BCUT2D eigenvalue weighted by molar-refractivity contribution is 0.206. The maximum absolute atomic E-state index is 3.60. The number of thiophene rings is 1. The van der Waals surface area contributed by atoms with Gasteiger partial charge in [-0.3, -0.25) is 0 Å². The fourth-order valence-corrected chi connectivity index (χ4v) is 4.39. The van der Waals surface area contributed by atoms with Gasteiger partial charge in [0.2, 0.25) is 0 Å². The van der Waals surface area contributed by atoms with Crippen LogP contribution in [0.4, 0.5) is 0 Å². The summed E-state index contributed by atoms with van der Waals surface area (Å²) in [6.45, 7) is 2.36. The van der Waals surface area contributed by atoms with Gasteiger partial charge in [0.25, 0.3) is 0 Å². The Balaban J connectivity index is 1.75. The van der Waals surface area contributed by atoms with Gasteiger partial charge < -0.3 is 5.32 Å². The molecule has 0 amide bonds. The summed E-state index contributed by atoms with van der Waals surface area (Å²) >= 11 is 1.90. The molecule has 19 heavy (non-hydrogen) atoms. The summed E-state index contributed by atoms with van der Waals surface area (Å²) in [5.74, 6) is 1.92. The highest BCUT2D eigenvalue weighted by atomic mass is 32.1. The van der Waals surface area contributed by atoms with Crippen LogP contribution in [-0.4, -0.2) is 13.1 Å². The molecule has 108 valence electrons. The third-order valence-electron chi connectivity index (χ3n) is 4.86. The summed E-state index contributed by atoms with van der Waals surface area (Å²) in [6.07, 6.45) is 11.1. The predicted octanol–water partition coefficient (Wildman–Crippen LogP) is 4.88. The Morgan fingerprint density at radius 2 is 2.32 bits per heavy atom. The van der Waals surface area contributed by atoms with Crippen molar-refractivity contribution in [3.05, 3.63) is 22.4 Å². The van der Waals surface area contributed by atoms with Crippen molar-refractivity contribution in [2.24, 2.45) is 11.8 Å². The first-order chi connectivity index (χ1) is 9.33. The van der Waals surface area contributed by atoms with Crippen molar-refractivity contribution in [3.8, 4) is 0 Å². The van der Waals surface area contributed by atoms with Gasteiger partial charge in [-0.2, -0.15) is 0 Å². The largest absolute Gasteiger partial charge is 0.317 e. The van der Waals surface area contributed by atoms with E-state index in [4.69, 9.17) is 0 Å². The van der Waals surface area contributed by atoms with Crippen LogP contribution < -0.4 is 5.32 Å². The zero-order valence-electron chi connectivity index (χ0n) is 12.5. The van der Waals surface area contributed by atoms with Gasteiger partial charge >= 0.3 is 0 Å². The lowest BCUT2D eigenvalue weighted by atomic mass is 9.76. The minimum Gasteiger partial charge on any atom is -0.317 e. The maximum atomic E-state index is 3.60. The lowest BCUT2D eigenvalue weighted by Crippen LogP contribution is -2.36. The van der Waals surface area contributed by atoms with Crippen LogP contribution in [0.3, 0.4) is 0 Å². The van der Waals surface area contributed by atoms with E-state index >= 15 is 0 Å².